The van der Waals surface area contributed by atoms with Crippen molar-refractivity contribution in [2.45, 2.75) is 6.92 Å². The minimum Gasteiger partial charge on any atom is -0.546 e. The van der Waals surface area contributed by atoms with Gasteiger partial charge in [-0.15, -0.1) is 0 Å². The fourth-order valence-corrected chi connectivity index (χ4v) is 2.55. The molecule has 0 radical (unpaired) electrons. The van der Waals surface area contributed by atoms with Gasteiger partial charge in [-0.2, -0.15) is 14.9 Å². The Morgan fingerprint density at radius 1 is 1.18 bits per heavy atom. The molecule has 2 aromatic carbocycles. The summed E-state index contributed by atoms with van der Waals surface area (Å²) in [5, 5.41) is 21.8. The zero-order chi connectivity index (χ0) is 19.9. The highest BCUT2D eigenvalue weighted by Crippen LogP contribution is 2.21. The number of aromatic nitrogens is 3. The minimum atomic E-state index is -1.28. The molecule has 0 amide bonds. The van der Waals surface area contributed by atoms with Gasteiger partial charge in [0, 0.05) is 5.56 Å². The molecule has 0 atom stereocenters. The van der Waals surface area contributed by atoms with Gasteiger partial charge < -0.3 is 19.4 Å². The summed E-state index contributed by atoms with van der Waals surface area (Å²) in [6, 6.07) is 14.3. The van der Waals surface area contributed by atoms with Gasteiger partial charge in [0.15, 0.2) is 5.82 Å². The van der Waals surface area contributed by atoms with Crippen LogP contribution in [0.1, 0.15) is 12.5 Å². The van der Waals surface area contributed by atoms with E-state index in [4.69, 9.17) is 21.7 Å². The summed E-state index contributed by atoms with van der Waals surface area (Å²) in [4.78, 5) is 10.4. The van der Waals surface area contributed by atoms with E-state index in [1.807, 2.05) is 31.2 Å². The number of carboxylic acids is 1. The molecule has 0 fully saturated rings. The number of hydrogen-bond donors (Lipinski definition) is 1. The van der Waals surface area contributed by atoms with Gasteiger partial charge in [0.2, 0.25) is 4.77 Å². The van der Waals surface area contributed by atoms with Crippen LogP contribution in [0.2, 0.25) is 0 Å². The van der Waals surface area contributed by atoms with E-state index in [1.54, 1.807) is 30.5 Å². The molecule has 0 saturated heterocycles. The second-order valence-corrected chi connectivity index (χ2v) is 5.98. The average Bonchev–Trinajstić information content (AvgIpc) is 3.07. The molecule has 1 aromatic heterocycles. The van der Waals surface area contributed by atoms with Crippen LogP contribution in [-0.2, 0) is 4.79 Å². The van der Waals surface area contributed by atoms with Crippen molar-refractivity contribution in [1.29, 1.82) is 0 Å². The molecule has 0 aliphatic carbocycles. The molecule has 28 heavy (non-hydrogen) atoms. The largest absolute Gasteiger partial charge is 0.546 e. The van der Waals surface area contributed by atoms with Crippen molar-refractivity contribution < 1.29 is 19.4 Å². The predicted molar refractivity (Wildman–Crippen MR) is 104 cm³/mol. The van der Waals surface area contributed by atoms with E-state index in [2.05, 4.69) is 15.3 Å². The Hall–Kier alpha value is -3.46. The number of ether oxygens (including phenoxy) is 2. The first-order chi connectivity index (χ1) is 13.6. The van der Waals surface area contributed by atoms with E-state index in [0.717, 1.165) is 16.9 Å². The number of rotatable bonds is 8. The first-order valence-electron chi connectivity index (χ1n) is 8.44. The fourth-order valence-electron chi connectivity index (χ4n) is 2.37. The molecule has 8 nitrogen and oxygen atoms in total. The van der Waals surface area contributed by atoms with Gasteiger partial charge in [0.25, 0.3) is 0 Å². The standard InChI is InChI=1S/C19H18N4O4S/c1-2-26-15-9-5-14(6-10-15)18-21-22-19(28)23(18)20-11-13-3-7-16(8-4-13)27-12-17(24)25/h3-11H,2,12H2,1H3,(H,22,28)(H,24,25)/p-1/b20-11-. The molecule has 144 valence electrons. The quantitative estimate of drug-likeness (QED) is 0.461. The lowest BCUT2D eigenvalue weighted by atomic mass is 10.2. The molecule has 1 heterocycles. The maximum Gasteiger partial charge on any atom is 0.216 e. The Morgan fingerprint density at radius 3 is 2.46 bits per heavy atom. The van der Waals surface area contributed by atoms with Crippen LogP contribution in [0.15, 0.2) is 53.6 Å². The molecule has 0 aliphatic rings. The Morgan fingerprint density at radius 2 is 1.82 bits per heavy atom. The van der Waals surface area contributed by atoms with Crippen LogP contribution in [0.5, 0.6) is 11.5 Å². The highest BCUT2D eigenvalue weighted by atomic mass is 32.1. The number of carboxylic acid groups (broad SMARTS) is 1. The summed E-state index contributed by atoms with van der Waals surface area (Å²) in [6.07, 6.45) is 1.62. The Balaban J connectivity index is 1.78. The third-order valence-electron chi connectivity index (χ3n) is 3.63. The zero-order valence-corrected chi connectivity index (χ0v) is 15.8. The van der Waals surface area contributed by atoms with Crippen LogP contribution >= 0.6 is 12.2 Å². The van der Waals surface area contributed by atoms with E-state index >= 15 is 0 Å². The Bertz CT molecular complexity index is 1020. The smallest absolute Gasteiger partial charge is 0.216 e. The van der Waals surface area contributed by atoms with Gasteiger partial charge in [-0.1, -0.05) is 0 Å². The Labute approximate surface area is 166 Å². The number of H-pyrrole nitrogens is 1. The lowest BCUT2D eigenvalue weighted by Crippen LogP contribution is -2.28. The molecule has 0 unspecified atom stereocenters. The van der Waals surface area contributed by atoms with Crippen LogP contribution in [0.3, 0.4) is 0 Å². The van der Waals surface area contributed by atoms with Gasteiger partial charge >= 0.3 is 0 Å². The van der Waals surface area contributed by atoms with Gasteiger partial charge in [-0.3, -0.25) is 0 Å². The van der Waals surface area contributed by atoms with Crippen LogP contribution in [0, 0.1) is 4.77 Å². The molecular weight excluding hydrogens is 380 g/mol. The van der Waals surface area contributed by atoms with Crippen molar-refractivity contribution in [1.82, 2.24) is 14.9 Å². The average molecular weight is 397 g/mol. The SMILES string of the molecule is CCOc1ccc(-c2n[nH]c(=S)n2/N=C\c2ccc(OCC(=O)[O-])cc2)cc1. The highest BCUT2D eigenvalue weighted by Gasteiger charge is 2.08. The number of nitrogens with zero attached hydrogens (tertiary/aromatic N) is 3. The molecule has 0 saturated carbocycles. The van der Waals surface area contributed by atoms with E-state index in [-0.39, 0.29) is 0 Å². The number of nitrogens with one attached hydrogen (secondary N) is 1. The van der Waals surface area contributed by atoms with Gasteiger partial charge in [0.05, 0.1) is 18.8 Å². The third kappa shape index (κ3) is 4.83. The number of benzene rings is 2. The van der Waals surface area contributed by atoms with Gasteiger partial charge in [-0.05, 0) is 73.2 Å². The first-order valence-corrected chi connectivity index (χ1v) is 8.85. The molecule has 3 aromatic rings. The van der Waals surface area contributed by atoms with Crippen molar-refractivity contribution in [2.24, 2.45) is 5.10 Å². The maximum atomic E-state index is 10.4. The summed E-state index contributed by atoms with van der Waals surface area (Å²) in [5.74, 6) is 0.493. The molecule has 1 N–H and O–H groups in total. The number of aromatic amines is 1. The summed E-state index contributed by atoms with van der Waals surface area (Å²) in [6.45, 7) is 2.03. The Kier molecular flexibility index (Phi) is 6.18. The number of carbonyl (C=O) groups excluding carboxylic acids is 1. The molecule has 0 aliphatic heterocycles. The lowest BCUT2D eigenvalue weighted by molar-refractivity contribution is -0.307. The van der Waals surface area contributed by atoms with Crippen LogP contribution in [0.25, 0.3) is 11.4 Å². The van der Waals surface area contributed by atoms with Crippen molar-refractivity contribution in [3.63, 3.8) is 0 Å². The monoisotopic (exact) mass is 397 g/mol. The second-order valence-electron chi connectivity index (χ2n) is 5.60. The normalized spacial score (nSPS) is 10.9. The molecule has 0 bridgehead atoms. The van der Waals surface area contributed by atoms with Crippen LogP contribution in [-0.4, -0.2) is 40.3 Å². The summed E-state index contributed by atoms with van der Waals surface area (Å²) in [5.41, 5.74) is 1.61. The van der Waals surface area contributed by atoms with E-state index < -0.39 is 12.6 Å². The zero-order valence-electron chi connectivity index (χ0n) is 15.0. The molecule has 3 rings (SSSR count). The lowest BCUT2D eigenvalue weighted by Gasteiger charge is -2.06. The van der Waals surface area contributed by atoms with Crippen molar-refractivity contribution in [3.05, 3.63) is 58.9 Å². The van der Waals surface area contributed by atoms with Crippen molar-refractivity contribution >= 4 is 24.4 Å². The van der Waals surface area contributed by atoms with E-state index in [0.29, 0.717) is 23.0 Å². The van der Waals surface area contributed by atoms with Gasteiger partial charge in [0.1, 0.15) is 18.1 Å². The first kappa shape index (κ1) is 19.3. The van der Waals surface area contributed by atoms with Gasteiger partial charge in [-0.25, -0.2) is 5.10 Å². The predicted octanol–water partition coefficient (Wildman–Crippen LogP) is 2.02. The number of hydrogen-bond acceptors (Lipinski definition) is 7. The number of aliphatic carboxylic acids is 1. The third-order valence-corrected chi connectivity index (χ3v) is 3.90. The number of carbonyl (C=O) groups is 1. The van der Waals surface area contributed by atoms with Crippen molar-refractivity contribution in [2.75, 3.05) is 13.2 Å². The molecule has 9 heteroatoms. The minimum absolute atomic E-state index is 0.356. The fraction of sp³-hybridized carbons (Fsp3) is 0.158. The van der Waals surface area contributed by atoms with E-state index in [1.165, 1.54) is 4.68 Å². The van der Waals surface area contributed by atoms with Crippen LogP contribution in [0.4, 0.5) is 0 Å². The maximum absolute atomic E-state index is 10.4. The molecular formula is C19H17N4O4S-. The topological polar surface area (TPSA) is 105 Å². The van der Waals surface area contributed by atoms with Crippen LogP contribution < -0.4 is 14.6 Å². The van der Waals surface area contributed by atoms with Crippen molar-refractivity contribution in [3.8, 4) is 22.9 Å². The summed E-state index contributed by atoms with van der Waals surface area (Å²) in [7, 11) is 0. The second kappa shape index (κ2) is 8.96. The summed E-state index contributed by atoms with van der Waals surface area (Å²) >= 11 is 5.26. The molecule has 0 spiro atoms. The summed E-state index contributed by atoms with van der Waals surface area (Å²) < 4.78 is 12.4. The highest BCUT2D eigenvalue weighted by molar-refractivity contribution is 7.71. The van der Waals surface area contributed by atoms with E-state index in [9.17, 15) is 9.90 Å².